The van der Waals surface area contributed by atoms with Crippen LogP contribution in [0.3, 0.4) is 0 Å². The number of hydrogen-bond donors (Lipinski definition) is 0. The van der Waals surface area contributed by atoms with Crippen molar-refractivity contribution in [3.8, 4) is 5.75 Å². The van der Waals surface area contributed by atoms with E-state index in [2.05, 4.69) is 5.16 Å². The molecule has 1 saturated heterocycles. The lowest BCUT2D eigenvalue weighted by Crippen LogP contribution is -2.31. The molecule has 0 N–H and O–H groups in total. The van der Waals surface area contributed by atoms with Crippen molar-refractivity contribution in [3.63, 3.8) is 0 Å². The SMILES string of the molecule is Cc1cc(C(=O)N2CC[C@@H](Oc3cc(C)oc(=O)c3)C2)no1. The predicted octanol–water partition coefficient (Wildman–Crippen LogP) is 1.54. The number of hydrogen-bond acceptors (Lipinski definition) is 6. The third kappa shape index (κ3) is 3.03. The molecule has 0 aliphatic carbocycles. The Bertz CT molecular complexity index is 748. The standard InChI is InChI=1S/C15H16N2O5/c1-9-5-12(7-14(18)20-9)21-11-3-4-17(8-11)15(19)13-6-10(2)22-16-13/h5-7,11H,3-4,8H2,1-2H3/t11-/m1/s1. The first-order valence-corrected chi connectivity index (χ1v) is 7.02. The highest BCUT2D eigenvalue weighted by Gasteiger charge is 2.29. The first-order chi connectivity index (χ1) is 10.5. The molecule has 7 heteroatoms. The second kappa shape index (κ2) is 5.67. The summed E-state index contributed by atoms with van der Waals surface area (Å²) in [5.74, 6) is 1.38. The van der Waals surface area contributed by atoms with Gasteiger partial charge in [-0.2, -0.15) is 0 Å². The van der Waals surface area contributed by atoms with Gasteiger partial charge in [-0.25, -0.2) is 4.79 Å². The molecule has 0 bridgehead atoms. The summed E-state index contributed by atoms with van der Waals surface area (Å²) in [6.45, 7) is 4.45. The molecule has 0 unspecified atom stereocenters. The highest BCUT2D eigenvalue weighted by Crippen LogP contribution is 2.19. The first kappa shape index (κ1) is 14.4. The van der Waals surface area contributed by atoms with Gasteiger partial charge < -0.3 is 18.6 Å². The molecule has 2 aromatic heterocycles. The van der Waals surface area contributed by atoms with Crippen molar-refractivity contribution in [2.75, 3.05) is 13.1 Å². The summed E-state index contributed by atoms with van der Waals surface area (Å²) in [6, 6.07) is 4.58. The molecule has 22 heavy (non-hydrogen) atoms. The van der Waals surface area contributed by atoms with E-state index in [0.717, 1.165) is 0 Å². The largest absolute Gasteiger partial charge is 0.488 e. The van der Waals surface area contributed by atoms with Gasteiger partial charge >= 0.3 is 5.63 Å². The minimum absolute atomic E-state index is 0.154. The lowest BCUT2D eigenvalue weighted by molar-refractivity contribution is 0.0762. The fourth-order valence-electron chi connectivity index (χ4n) is 2.47. The van der Waals surface area contributed by atoms with Gasteiger partial charge in [0, 0.05) is 25.1 Å². The van der Waals surface area contributed by atoms with Crippen molar-refractivity contribution in [2.45, 2.75) is 26.4 Å². The van der Waals surface area contributed by atoms with E-state index in [9.17, 15) is 9.59 Å². The number of carbonyl (C=O) groups is 1. The topological polar surface area (TPSA) is 85.8 Å². The summed E-state index contributed by atoms with van der Waals surface area (Å²) >= 11 is 0. The van der Waals surface area contributed by atoms with Crippen molar-refractivity contribution in [3.05, 3.63) is 45.8 Å². The fraction of sp³-hybridized carbons (Fsp3) is 0.400. The Kier molecular flexibility index (Phi) is 3.70. The number of likely N-dealkylation sites (tertiary alicyclic amines) is 1. The lowest BCUT2D eigenvalue weighted by Gasteiger charge is -2.16. The maximum absolute atomic E-state index is 12.2. The van der Waals surface area contributed by atoms with Gasteiger partial charge in [-0.05, 0) is 13.8 Å². The Morgan fingerprint density at radius 3 is 2.82 bits per heavy atom. The summed E-state index contributed by atoms with van der Waals surface area (Å²) in [5, 5.41) is 3.73. The molecule has 1 aliphatic rings. The molecule has 2 aromatic rings. The maximum Gasteiger partial charge on any atom is 0.339 e. The molecule has 1 atom stereocenters. The average molecular weight is 304 g/mol. The Morgan fingerprint density at radius 2 is 2.14 bits per heavy atom. The van der Waals surface area contributed by atoms with Crippen LogP contribution in [0.25, 0.3) is 0 Å². The van der Waals surface area contributed by atoms with Crippen molar-refractivity contribution < 1.29 is 18.5 Å². The van der Waals surface area contributed by atoms with Gasteiger partial charge in [0.25, 0.3) is 5.91 Å². The van der Waals surface area contributed by atoms with Crippen molar-refractivity contribution in [1.29, 1.82) is 0 Å². The van der Waals surface area contributed by atoms with E-state index in [1.165, 1.54) is 6.07 Å². The van der Waals surface area contributed by atoms with Crippen molar-refractivity contribution in [1.82, 2.24) is 10.1 Å². The zero-order chi connectivity index (χ0) is 15.7. The van der Waals surface area contributed by atoms with Crippen LogP contribution in [0.5, 0.6) is 5.75 Å². The summed E-state index contributed by atoms with van der Waals surface area (Å²) in [6.07, 6.45) is 0.542. The zero-order valence-corrected chi connectivity index (χ0v) is 12.4. The van der Waals surface area contributed by atoms with E-state index < -0.39 is 5.63 Å². The van der Waals surface area contributed by atoms with E-state index in [1.54, 1.807) is 30.9 Å². The smallest absolute Gasteiger partial charge is 0.339 e. The Hall–Kier alpha value is -2.57. The molecule has 1 amide bonds. The van der Waals surface area contributed by atoms with Crippen LogP contribution in [0.4, 0.5) is 0 Å². The van der Waals surface area contributed by atoms with Gasteiger partial charge in [0.1, 0.15) is 23.4 Å². The number of amides is 1. The average Bonchev–Trinajstić information content (AvgIpc) is 3.06. The van der Waals surface area contributed by atoms with Crippen molar-refractivity contribution in [2.24, 2.45) is 0 Å². The van der Waals surface area contributed by atoms with E-state index >= 15 is 0 Å². The second-order valence-corrected chi connectivity index (χ2v) is 5.33. The summed E-state index contributed by atoms with van der Waals surface area (Å²) < 4.78 is 15.6. The number of aromatic nitrogens is 1. The van der Waals surface area contributed by atoms with Gasteiger partial charge in [0.2, 0.25) is 0 Å². The number of carbonyl (C=O) groups excluding carboxylic acids is 1. The monoisotopic (exact) mass is 304 g/mol. The summed E-state index contributed by atoms with van der Waals surface area (Å²) in [5.41, 5.74) is -0.145. The third-order valence-corrected chi connectivity index (χ3v) is 3.45. The van der Waals surface area contributed by atoms with Gasteiger partial charge in [-0.1, -0.05) is 5.16 Å². The van der Waals surface area contributed by atoms with Crippen LogP contribution in [-0.4, -0.2) is 35.2 Å². The van der Waals surface area contributed by atoms with Gasteiger partial charge in [0.05, 0.1) is 12.6 Å². The molecular formula is C15H16N2O5. The molecule has 3 rings (SSSR count). The van der Waals surface area contributed by atoms with Gasteiger partial charge in [-0.3, -0.25) is 4.79 Å². The van der Waals surface area contributed by atoms with E-state index in [0.29, 0.717) is 42.5 Å². The second-order valence-electron chi connectivity index (χ2n) is 5.33. The number of aryl methyl sites for hydroxylation is 2. The maximum atomic E-state index is 12.2. The van der Waals surface area contributed by atoms with Crippen LogP contribution in [0.15, 0.2) is 31.9 Å². The van der Waals surface area contributed by atoms with Crippen LogP contribution >= 0.6 is 0 Å². The quantitative estimate of drug-likeness (QED) is 0.855. The number of nitrogens with zero attached hydrogens (tertiary/aromatic N) is 2. The number of rotatable bonds is 3. The molecule has 1 aliphatic heterocycles. The Balaban J connectivity index is 1.65. The highest BCUT2D eigenvalue weighted by atomic mass is 16.5. The normalized spacial score (nSPS) is 17.7. The minimum Gasteiger partial charge on any atom is -0.488 e. The summed E-state index contributed by atoms with van der Waals surface area (Å²) in [4.78, 5) is 25.2. The fourth-order valence-corrected chi connectivity index (χ4v) is 2.47. The van der Waals surface area contributed by atoms with Crippen LogP contribution < -0.4 is 10.4 Å². The van der Waals surface area contributed by atoms with Crippen LogP contribution in [0.1, 0.15) is 28.4 Å². The van der Waals surface area contributed by atoms with Crippen molar-refractivity contribution >= 4 is 5.91 Å². The Labute approximate surface area is 126 Å². The molecule has 116 valence electrons. The molecule has 0 radical (unpaired) electrons. The molecule has 7 nitrogen and oxygen atoms in total. The van der Waals surface area contributed by atoms with E-state index in [1.807, 2.05) is 0 Å². The minimum atomic E-state index is -0.445. The van der Waals surface area contributed by atoms with E-state index in [4.69, 9.17) is 13.7 Å². The Morgan fingerprint density at radius 1 is 1.32 bits per heavy atom. The van der Waals surface area contributed by atoms with Crippen LogP contribution in [0, 0.1) is 13.8 Å². The third-order valence-electron chi connectivity index (χ3n) is 3.45. The summed E-state index contributed by atoms with van der Waals surface area (Å²) in [7, 11) is 0. The van der Waals surface area contributed by atoms with Crippen LogP contribution in [-0.2, 0) is 0 Å². The molecule has 0 spiro atoms. The molecule has 0 saturated carbocycles. The lowest BCUT2D eigenvalue weighted by atomic mass is 10.3. The molecule has 1 fully saturated rings. The van der Waals surface area contributed by atoms with E-state index in [-0.39, 0.29) is 12.0 Å². The van der Waals surface area contributed by atoms with Gasteiger partial charge in [0.15, 0.2) is 5.69 Å². The molecular weight excluding hydrogens is 288 g/mol. The molecule has 0 aromatic carbocycles. The first-order valence-electron chi connectivity index (χ1n) is 7.02. The number of ether oxygens (including phenoxy) is 1. The zero-order valence-electron chi connectivity index (χ0n) is 12.4. The predicted molar refractivity (Wildman–Crippen MR) is 75.9 cm³/mol. The van der Waals surface area contributed by atoms with Gasteiger partial charge in [-0.15, -0.1) is 0 Å². The molecule has 3 heterocycles. The van der Waals surface area contributed by atoms with Crippen LogP contribution in [0.2, 0.25) is 0 Å². The highest BCUT2D eigenvalue weighted by molar-refractivity contribution is 5.92.